The third-order valence-electron chi connectivity index (χ3n) is 5.13. The maximum Gasteiger partial charge on any atom is 0.269 e. The third kappa shape index (κ3) is 6.17. The van der Waals surface area contributed by atoms with Crippen LogP contribution in [0, 0.1) is 5.92 Å². The first-order valence-electron chi connectivity index (χ1n) is 10.2. The minimum Gasteiger partial charge on any atom is -0.340 e. The Kier molecular flexibility index (Phi) is 7.75. The normalized spacial score (nSPS) is 13.1. The van der Waals surface area contributed by atoms with Crippen molar-refractivity contribution >= 4 is 17.7 Å². The van der Waals surface area contributed by atoms with Crippen LogP contribution in [0.15, 0.2) is 54.6 Å². The summed E-state index contributed by atoms with van der Waals surface area (Å²) in [5.41, 5.74) is 6.90. The fourth-order valence-electron chi connectivity index (χ4n) is 2.91. The minimum absolute atomic E-state index is 0.0102. The van der Waals surface area contributed by atoms with Crippen molar-refractivity contribution in [2.75, 3.05) is 0 Å². The second-order valence-electron chi connectivity index (χ2n) is 8.47. The van der Waals surface area contributed by atoms with E-state index in [-0.39, 0.29) is 17.2 Å². The van der Waals surface area contributed by atoms with Crippen LogP contribution in [-0.2, 0) is 10.2 Å². The Balaban J connectivity index is 2.01. The van der Waals surface area contributed by atoms with Gasteiger partial charge in [0, 0.05) is 11.1 Å². The van der Waals surface area contributed by atoms with E-state index in [0.29, 0.717) is 17.5 Å². The number of carbonyl (C=O) groups is 3. The highest BCUT2D eigenvalue weighted by molar-refractivity contribution is 5.99. The van der Waals surface area contributed by atoms with E-state index in [1.807, 2.05) is 32.0 Å². The van der Waals surface area contributed by atoms with Crippen molar-refractivity contribution < 1.29 is 14.4 Å². The van der Waals surface area contributed by atoms with E-state index >= 15 is 0 Å². The molecule has 6 nitrogen and oxygen atoms in total. The van der Waals surface area contributed by atoms with Gasteiger partial charge in [-0.15, -0.1) is 0 Å². The molecule has 2 aromatic rings. The van der Waals surface area contributed by atoms with Crippen molar-refractivity contribution in [1.29, 1.82) is 0 Å². The molecule has 0 saturated heterocycles. The zero-order chi connectivity index (χ0) is 22.3. The van der Waals surface area contributed by atoms with Gasteiger partial charge >= 0.3 is 0 Å². The second-order valence-corrected chi connectivity index (χ2v) is 8.47. The second kappa shape index (κ2) is 10.1. The van der Waals surface area contributed by atoms with Gasteiger partial charge in [0.05, 0.1) is 0 Å². The van der Waals surface area contributed by atoms with Crippen LogP contribution in [0.2, 0.25) is 0 Å². The molecule has 6 heteroatoms. The maximum absolute atomic E-state index is 12.7. The number of amides is 3. The summed E-state index contributed by atoms with van der Waals surface area (Å²) in [6, 6.07) is 15.2. The van der Waals surface area contributed by atoms with E-state index in [0.717, 1.165) is 5.56 Å². The van der Waals surface area contributed by atoms with E-state index in [9.17, 15) is 14.4 Å². The zero-order valence-electron chi connectivity index (χ0n) is 18.3. The van der Waals surface area contributed by atoms with Gasteiger partial charge in [-0.05, 0) is 41.2 Å². The molecule has 3 amide bonds. The highest BCUT2D eigenvalue weighted by Gasteiger charge is 2.26. The van der Waals surface area contributed by atoms with Crippen molar-refractivity contribution in [3.05, 3.63) is 71.3 Å². The number of rotatable bonds is 6. The summed E-state index contributed by atoms with van der Waals surface area (Å²) < 4.78 is 0. The first-order chi connectivity index (χ1) is 14.1. The molecule has 30 heavy (non-hydrogen) atoms. The number of hydrazine groups is 1. The van der Waals surface area contributed by atoms with E-state index in [1.54, 1.807) is 36.4 Å². The van der Waals surface area contributed by atoms with Crippen LogP contribution in [-0.4, -0.2) is 23.8 Å². The molecule has 0 aromatic heterocycles. The molecular formula is C24H31N3O3. The minimum atomic E-state index is -0.772. The zero-order valence-corrected chi connectivity index (χ0v) is 18.3. The first-order valence-corrected chi connectivity index (χ1v) is 10.2. The van der Waals surface area contributed by atoms with Crippen molar-refractivity contribution in [3.8, 4) is 0 Å². The lowest BCUT2D eigenvalue weighted by Gasteiger charge is -2.23. The molecule has 0 aliphatic carbocycles. The molecule has 0 bridgehead atoms. The standard InChI is InChI=1S/C24H31N3O3/c1-6-16(2)20(25-21(28)17-10-8-7-9-11-17)23(30)27-26-22(29)18-12-14-19(15-13-18)24(3,4)5/h7-16,20H,6H2,1-5H3,(H,25,28)(H,26,29)(H,27,30)/t16-,20-/m0/s1. The number of benzene rings is 2. The predicted molar refractivity (Wildman–Crippen MR) is 118 cm³/mol. The molecule has 2 rings (SSSR count). The van der Waals surface area contributed by atoms with Gasteiger partial charge in [0.1, 0.15) is 6.04 Å². The summed E-state index contributed by atoms with van der Waals surface area (Å²) in [6.45, 7) is 10.1. The van der Waals surface area contributed by atoms with Crippen LogP contribution in [0.5, 0.6) is 0 Å². The molecule has 3 N–H and O–H groups in total. The van der Waals surface area contributed by atoms with E-state index < -0.39 is 17.9 Å². The molecule has 0 aliphatic rings. The van der Waals surface area contributed by atoms with E-state index in [4.69, 9.17) is 0 Å². The van der Waals surface area contributed by atoms with Gasteiger partial charge in [-0.1, -0.05) is 71.4 Å². The Bertz CT molecular complexity index is 871. The number of carbonyl (C=O) groups excluding carboxylic acids is 3. The average Bonchev–Trinajstić information content (AvgIpc) is 2.74. The SMILES string of the molecule is CC[C@H](C)[C@H](NC(=O)c1ccccc1)C(=O)NNC(=O)c1ccc(C(C)(C)C)cc1. The maximum atomic E-state index is 12.7. The Morgan fingerprint density at radius 2 is 1.40 bits per heavy atom. The van der Waals surface area contributed by atoms with Crippen LogP contribution in [0.1, 0.15) is 67.3 Å². The van der Waals surface area contributed by atoms with Crippen LogP contribution in [0.4, 0.5) is 0 Å². The van der Waals surface area contributed by atoms with Crippen LogP contribution < -0.4 is 16.2 Å². The van der Waals surface area contributed by atoms with Gasteiger partial charge < -0.3 is 5.32 Å². The predicted octanol–water partition coefficient (Wildman–Crippen LogP) is 3.59. The highest BCUT2D eigenvalue weighted by Crippen LogP contribution is 2.22. The smallest absolute Gasteiger partial charge is 0.269 e. The molecule has 2 atom stereocenters. The van der Waals surface area contributed by atoms with Crippen molar-refractivity contribution in [1.82, 2.24) is 16.2 Å². The Hall–Kier alpha value is -3.15. The topological polar surface area (TPSA) is 87.3 Å². The fourth-order valence-corrected chi connectivity index (χ4v) is 2.91. The van der Waals surface area contributed by atoms with Crippen molar-refractivity contribution in [2.45, 2.75) is 52.5 Å². The van der Waals surface area contributed by atoms with Crippen LogP contribution in [0.25, 0.3) is 0 Å². The Morgan fingerprint density at radius 3 is 1.93 bits per heavy atom. The molecular weight excluding hydrogens is 378 g/mol. The average molecular weight is 410 g/mol. The summed E-state index contributed by atoms with van der Waals surface area (Å²) in [4.78, 5) is 37.6. The lowest BCUT2D eigenvalue weighted by atomic mass is 9.87. The summed E-state index contributed by atoms with van der Waals surface area (Å²) in [6.07, 6.45) is 0.690. The first kappa shape index (κ1) is 23.1. The summed E-state index contributed by atoms with van der Waals surface area (Å²) in [7, 11) is 0. The van der Waals surface area contributed by atoms with Crippen molar-refractivity contribution in [3.63, 3.8) is 0 Å². The van der Waals surface area contributed by atoms with Gasteiger partial charge in [0.25, 0.3) is 17.7 Å². The fraction of sp³-hybridized carbons (Fsp3) is 0.375. The molecule has 0 unspecified atom stereocenters. The van der Waals surface area contributed by atoms with E-state index in [1.165, 1.54) is 0 Å². The van der Waals surface area contributed by atoms with Gasteiger partial charge in [-0.2, -0.15) is 0 Å². The molecule has 160 valence electrons. The van der Waals surface area contributed by atoms with Crippen LogP contribution in [0.3, 0.4) is 0 Å². The monoisotopic (exact) mass is 409 g/mol. The largest absolute Gasteiger partial charge is 0.340 e. The quantitative estimate of drug-likeness (QED) is 0.637. The molecule has 2 aromatic carbocycles. The molecule has 0 aliphatic heterocycles. The van der Waals surface area contributed by atoms with Gasteiger partial charge in [-0.25, -0.2) is 0 Å². The number of nitrogens with one attached hydrogen (secondary N) is 3. The highest BCUT2D eigenvalue weighted by atomic mass is 16.2. The number of hydrogen-bond donors (Lipinski definition) is 3. The molecule has 0 saturated carbocycles. The number of hydrogen-bond acceptors (Lipinski definition) is 3. The Morgan fingerprint density at radius 1 is 0.833 bits per heavy atom. The Labute approximate surface area is 178 Å². The molecule has 0 heterocycles. The summed E-state index contributed by atoms with van der Waals surface area (Å²) >= 11 is 0. The molecule has 0 radical (unpaired) electrons. The lowest BCUT2D eigenvalue weighted by Crippen LogP contribution is -2.54. The molecule has 0 spiro atoms. The van der Waals surface area contributed by atoms with Crippen molar-refractivity contribution in [2.24, 2.45) is 5.92 Å². The van der Waals surface area contributed by atoms with Gasteiger partial charge in [0.15, 0.2) is 0 Å². The van der Waals surface area contributed by atoms with Crippen LogP contribution >= 0.6 is 0 Å². The molecule has 0 fully saturated rings. The summed E-state index contributed by atoms with van der Waals surface area (Å²) in [5, 5.41) is 2.77. The van der Waals surface area contributed by atoms with Gasteiger partial charge in [0.2, 0.25) is 0 Å². The third-order valence-corrected chi connectivity index (χ3v) is 5.13. The summed E-state index contributed by atoms with van der Waals surface area (Å²) in [5.74, 6) is -1.32. The lowest BCUT2D eigenvalue weighted by molar-refractivity contribution is -0.124. The van der Waals surface area contributed by atoms with Gasteiger partial charge in [-0.3, -0.25) is 25.2 Å². The van der Waals surface area contributed by atoms with E-state index in [2.05, 4.69) is 36.9 Å².